The van der Waals surface area contributed by atoms with Crippen molar-refractivity contribution in [2.24, 2.45) is 5.92 Å². The first-order chi connectivity index (χ1) is 11.8. The summed E-state index contributed by atoms with van der Waals surface area (Å²) in [5, 5.41) is 3.18. The van der Waals surface area contributed by atoms with Gasteiger partial charge in [-0.05, 0) is 43.7 Å². The van der Waals surface area contributed by atoms with Gasteiger partial charge in [0.1, 0.15) is 0 Å². The average Bonchev–Trinajstić information content (AvgIpc) is 2.90. The Hall–Kier alpha value is -1.82. The van der Waals surface area contributed by atoms with Crippen molar-refractivity contribution in [3.05, 3.63) is 24.5 Å². The van der Waals surface area contributed by atoms with Crippen molar-refractivity contribution in [1.29, 1.82) is 0 Å². The molecule has 1 N–H and O–H groups in total. The molecule has 0 saturated carbocycles. The molecule has 2 atom stereocenters. The summed E-state index contributed by atoms with van der Waals surface area (Å²) in [5.41, 5.74) is 1.25. The number of carbonyl (C=O) groups is 1. The topological polar surface area (TPSA) is 57.7 Å². The maximum atomic E-state index is 12.5. The van der Waals surface area contributed by atoms with Gasteiger partial charge in [0.25, 0.3) is 0 Å². The van der Waals surface area contributed by atoms with E-state index in [-0.39, 0.29) is 18.1 Å². The highest BCUT2D eigenvalue weighted by atomic mass is 16.5. The molecule has 130 valence electrons. The number of aromatic nitrogens is 1. The van der Waals surface area contributed by atoms with Gasteiger partial charge in [-0.2, -0.15) is 0 Å². The van der Waals surface area contributed by atoms with Crippen LogP contribution in [0.5, 0.6) is 0 Å². The Bertz CT molecular complexity index is 543. The van der Waals surface area contributed by atoms with Gasteiger partial charge in [-0.3, -0.25) is 4.98 Å². The predicted molar refractivity (Wildman–Crippen MR) is 92.0 cm³/mol. The van der Waals surface area contributed by atoms with Crippen LogP contribution in [-0.4, -0.2) is 60.8 Å². The number of morpholine rings is 1. The van der Waals surface area contributed by atoms with E-state index in [9.17, 15) is 4.79 Å². The number of carbonyl (C=O) groups excluding carboxylic acids is 1. The van der Waals surface area contributed by atoms with Crippen molar-refractivity contribution in [2.45, 2.75) is 37.8 Å². The molecule has 3 aliphatic heterocycles. The normalized spacial score (nSPS) is 27.3. The lowest BCUT2D eigenvalue weighted by atomic mass is 9.96. The molecule has 0 radical (unpaired) electrons. The van der Waals surface area contributed by atoms with Crippen LogP contribution in [0, 0.1) is 5.92 Å². The number of hydrogen-bond acceptors (Lipinski definition) is 4. The van der Waals surface area contributed by atoms with Crippen LogP contribution in [0.15, 0.2) is 24.5 Å². The van der Waals surface area contributed by atoms with E-state index in [1.54, 1.807) is 0 Å². The Labute approximate surface area is 143 Å². The monoisotopic (exact) mass is 330 g/mol. The summed E-state index contributed by atoms with van der Waals surface area (Å²) in [6.07, 6.45) is 8.11. The number of fused-ring (bicyclic) bond motifs is 2. The van der Waals surface area contributed by atoms with Gasteiger partial charge < -0.3 is 19.9 Å². The van der Waals surface area contributed by atoms with Gasteiger partial charge in [0.15, 0.2) is 0 Å². The fraction of sp³-hybridized carbons (Fsp3) is 0.667. The third-order valence-electron chi connectivity index (χ3n) is 5.66. The van der Waals surface area contributed by atoms with Crippen LogP contribution in [0.2, 0.25) is 0 Å². The van der Waals surface area contributed by atoms with Crippen LogP contribution in [-0.2, 0) is 4.74 Å². The summed E-state index contributed by atoms with van der Waals surface area (Å²) in [6, 6.07) is 4.82. The number of pyridine rings is 1. The van der Waals surface area contributed by atoms with Crippen molar-refractivity contribution < 1.29 is 9.53 Å². The zero-order valence-electron chi connectivity index (χ0n) is 14.1. The Kier molecular flexibility index (Phi) is 4.56. The average molecular weight is 330 g/mol. The summed E-state index contributed by atoms with van der Waals surface area (Å²) < 4.78 is 5.55. The van der Waals surface area contributed by atoms with Crippen LogP contribution < -0.4 is 10.2 Å². The van der Waals surface area contributed by atoms with Gasteiger partial charge in [-0.1, -0.05) is 0 Å². The molecule has 0 spiro atoms. The molecule has 0 aliphatic carbocycles. The molecule has 1 aromatic rings. The van der Waals surface area contributed by atoms with E-state index in [1.807, 2.05) is 17.3 Å². The molecule has 24 heavy (non-hydrogen) atoms. The van der Waals surface area contributed by atoms with Gasteiger partial charge in [0, 0.05) is 37.7 Å². The maximum absolute atomic E-state index is 12.5. The lowest BCUT2D eigenvalue weighted by Gasteiger charge is -2.36. The summed E-state index contributed by atoms with van der Waals surface area (Å²) in [6.45, 7) is 4.29. The van der Waals surface area contributed by atoms with E-state index in [0.717, 1.165) is 45.3 Å². The minimum Gasteiger partial charge on any atom is -0.377 e. The second-order valence-corrected chi connectivity index (χ2v) is 7.15. The lowest BCUT2D eigenvalue weighted by molar-refractivity contribution is 0.00617. The summed E-state index contributed by atoms with van der Waals surface area (Å²) in [7, 11) is 0. The number of ether oxygens (including phenoxy) is 1. The molecule has 3 saturated heterocycles. The highest BCUT2D eigenvalue weighted by Gasteiger charge is 2.40. The number of piperidine rings is 1. The molecule has 1 aromatic heterocycles. The van der Waals surface area contributed by atoms with Crippen molar-refractivity contribution in [2.75, 3.05) is 37.7 Å². The number of urea groups is 1. The number of amides is 2. The molecule has 4 heterocycles. The standard InChI is InChI=1S/C18H26N4O2/c23-18(22-16-1-2-17(22)13-24-12-16)20-11-14-5-9-21(10-6-14)15-3-7-19-8-4-15/h3-4,7-8,14,16-17H,1-2,5-6,9-13H2,(H,20,23). The SMILES string of the molecule is O=C(NCC1CCN(c2ccncc2)CC1)N1C2CCC1COC2. The molecule has 3 fully saturated rings. The fourth-order valence-electron chi connectivity index (χ4n) is 4.23. The maximum Gasteiger partial charge on any atom is 0.318 e. The van der Waals surface area contributed by atoms with E-state index in [2.05, 4.69) is 27.3 Å². The van der Waals surface area contributed by atoms with E-state index < -0.39 is 0 Å². The molecular weight excluding hydrogens is 304 g/mol. The zero-order valence-corrected chi connectivity index (χ0v) is 14.1. The van der Waals surface area contributed by atoms with E-state index in [1.165, 1.54) is 5.69 Å². The molecule has 6 nitrogen and oxygen atoms in total. The molecule has 2 amide bonds. The second kappa shape index (κ2) is 6.97. The van der Waals surface area contributed by atoms with E-state index in [4.69, 9.17) is 4.74 Å². The van der Waals surface area contributed by atoms with E-state index in [0.29, 0.717) is 19.1 Å². The smallest absolute Gasteiger partial charge is 0.318 e. The number of anilines is 1. The van der Waals surface area contributed by atoms with Crippen LogP contribution in [0.1, 0.15) is 25.7 Å². The van der Waals surface area contributed by atoms with Crippen LogP contribution in [0.25, 0.3) is 0 Å². The van der Waals surface area contributed by atoms with Crippen LogP contribution in [0.3, 0.4) is 0 Å². The molecular formula is C18H26N4O2. The molecule has 4 rings (SSSR count). The number of nitrogens with zero attached hydrogens (tertiary/aromatic N) is 3. The van der Waals surface area contributed by atoms with Gasteiger partial charge in [-0.15, -0.1) is 0 Å². The summed E-state index contributed by atoms with van der Waals surface area (Å²) in [4.78, 5) is 21.0. The Morgan fingerprint density at radius 2 is 1.79 bits per heavy atom. The third-order valence-corrected chi connectivity index (χ3v) is 5.66. The van der Waals surface area contributed by atoms with Gasteiger partial charge in [0.05, 0.1) is 25.3 Å². The van der Waals surface area contributed by atoms with Crippen LogP contribution in [0.4, 0.5) is 10.5 Å². The number of hydrogen-bond donors (Lipinski definition) is 1. The predicted octanol–water partition coefficient (Wildman–Crippen LogP) is 1.87. The first-order valence-corrected chi connectivity index (χ1v) is 9.10. The Morgan fingerprint density at radius 1 is 1.12 bits per heavy atom. The fourth-order valence-corrected chi connectivity index (χ4v) is 4.23. The highest BCUT2D eigenvalue weighted by molar-refractivity contribution is 5.75. The molecule has 2 bridgehead atoms. The summed E-state index contributed by atoms with van der Waals surface area (Å²) in [5.74, 6) is 0.575. The lowest BCUT2D eigenvalue weighted by Crippen LogP contribution is -2.53. The van der Waals surface area contributed by atoms with Gasteiger partial charge in [0.2, 0.25) is 0 Å². The molecule has 0 aromatic carbocycles. The third kappa shape index (κ3) is 3.20. The van der Waals surface area contributed by atoms with Gasteiger partial charge in [-0.25, -0.2) is 4.79 Å². The minimum absolute atomic E-state index is 0.113. The van der Waals surface area contributed by atoms with Crippen molar-refractivity contribution in [3.8, 4) is 0 Å². The minimum atomic E-state index is 0.113. The first kappa shape index (κ1) is 15.7. The quantitative estimate of drug-likeness (QED) is 0.919. The first-order valence-electron chi connectivity index (χ1n) is 9.10. The van der Waals surface area contributed by atoms with Crippen molar-refractivity contribution >= 4 is 11.7 Å². The van der Waals surface area contributed by atoms with Crippen LogP contribution >= 0.6 is 0 Å². The van der Waals surface area contributed by atoms with E-state index >= 15 is 0 Å². The number of rotatable bonds is 3. The molecule has 6 heteroatoms. The highest BCUT2D eigenvalue weighted by Crippen LogP contribution is 2.29. The number of nitrogens with one attached hydrogen (secondary N) is 1. The second-order valence-electron chi connectivity index (χ2n) is 7.15. The molecule has 3 aliphatic rings. The largest absolute Gasteiger partial charge is 0.377 e. The summed E-state index contributed by atoms with van der Waals surface area (Å²) >= 11 is 0. The zero-order chi connectivity index (χ0) is 16.4. The van der Waals surface area contributed by atoms with Gasteiger partial charge >= 0.3 is 6.03 Å². The Balaban J connectivity index is 1.24. The Morgan fingerprint density at radius 3 is 2.46 bits per heavy atom. The van der Waals surface area contributed by atoms with Crippen molar-refractivity contribution in [1.82, 2.24) is 15.2 Å². The van der Waals surface area contributed by atoms with Crippen molar-refractivity contribution in [3.63, 3.8) is 0 Å². The molecule has 2 unspecified atom stereocenters.